The highest BCUT2D eigenvalue weighted by Gasteiger charge is 2.27. The van der Waals surface area contributed by atoms with Crippen LogP contribution in [-0.4, -0.2) is 17.8 Å². The second kappa shape index (κ2) is 6.13. The van der Waals surface area contributed by atoms with E-state index in [1.165, 1.54) is 23.5 Å². The number of hydrogen-bond donors (Lipinski definition) is 0. The smallest absolute Gasteiger partial charge is 0.200 e. The first-order valence-corrected chi connectivity index (χ1v) is 9.64. The standard InChI is InChI=1S/C12H7Cl2N3O2S3/c13-9-6-7-20-10(9)11-15-12(21-16-11)17(14)22(18,19)8-4-2-1-3-5-8/h1-7H. The number of anilines is 1. The van der Waals surface area contributed by atoms with Crippen molar-refractivity contribution in [1.29, 1.82) is 0 Å². The van der Waals surface area contributed by atoms with Gasteiger partial charge in [-0.2, -0.15) is 17.8 Å². The summed E-state index contributed by atoms with van der Waals surface area (Å²) in [5.74, 6) is 0.355. The first kappa shape index (κ1) is 15.7. The molecule has 0 saturated heterocycles. The summed E-state index contributed by atoms with van der Waals surface area (Å²) in [5.41, 5.74) is 0. The molecule has 0 aliphatic rings. The minimum atomic E-state index is -3.88. The summed E-state index contributed by atoms with van der Waals surface area (Å²) in [4.78, 5) is 4.91. The molecule has 1 aromatic carbocycles. The SMILES string of the molecule is O=S(=O)(c1ccccc1)N(Cl)c1nc(-c2sccc2Cl)ns1. The van der Waals surface area contributed by atoms with Gasteiger partial charge in [0.15, 0.2) is 5.82 Å². The quantitative estimate of drug-likeness (QED) is 0.622. The fraction of sp³-hybridized carbons (Fsp3) is 0. The van der Waals surface area contributed by atoms with Crippen LogP contribution in [0.25, 0.3) is 10.7 Å². The van der Waals surface area contributed by atoms with Crippen LogP contribution in [0.2, 0.25) is 5.02 Å². The van der Waals surface area contributed by atoms with Gasteiger partial charge in [-0.1, -0.05) is 29.8 Å². The lowest BCUT2D eigenvalue weighted by atomic mass is 10.4. The maximum atomic E-state index is 12.4. The Bertz CT molecular complexity index is 893. The second-order valence-electron chi connectivity index (χ2n) is 4.03. The number of aromatic nitrogens is 2. The molecule has 0 N–H and O–H groups in total. The molecule has 2 heterocycles. The third-order valence-corrected chi connectivity index (χ3v) is 7.06. The van der Waals surface area contributed by atoms with Crippen molar-refractivity contribution in [3.05, 3.63) is 46.8 Å². The molecule has 2 aromatic heterocycles. The zero-order valence-electron chi connectivity index (χ0n) is 10.7. The molecule has 0 saturated carbocycles. The van der Waals surface area contributed by atoms with Gasteiger partial charge in [0.2, 0.25) is 5.13 Å². The average Bonchev–Trinajstić information content (AvgIpc) is 3.16. The monoisotopic (exact) mass is 391 g/mol. The Kier molecular flexibility index (Phi) is 4.37. The van der Waals surface area contributed by atoms with E-state index < -0.39 is 10.0 Å². The van der Waals surface area contributed by atoms with E-state index in [2.05, 4.69) is 9.36 Å². The van der Waals surface area contributed by atoms with Crippen molar-refractivity contribution in [3.8, 4) is 10.7 Å². The van der Waals surface area contributed by atoms with E-state index in [-0.39, 0.29) is 10.0 Å². The maximum Gasteiger partial charge on any atom is 0.280 e. The van der Waals surface area contributed by atoms with Crippen molar-refractivity contribution in [3.63, 3.8) is 0 Å². The topological polar surface area (TPSA) is 63.2 Å². The highest BCUT2D eigenvalue weighted by Crippen LogP contribution is 2.35. The molecule has 0 aliphatic carbocycles. The normalized spacial score (nSPS) is 11.5. The van der Waals surface area contributed by atoms with Gasteiger partial charge in [-0.25, -0.2) is 0 Å². The van der Waals surface area contributed by atoms with E-state index in [9.17, 15) is 8.42 Å². The van der Waals surface area contributed by atoms with Gasteiger partial charge < -0.3 is 0 Å². The lowest BCUT2D eigenvalue weighted by molar-refractivity contribution is 0.598. The number of hydrogen-bond acceptors (Lipinski definition) is 6. The molecule has 0 fully saturated rings. The third-order valence-electron chi connectivity index (χ3n) is 2.64. The van der Waals surface area contributed by atoms with Crippen LogP contribution in [0.15, 0.2) is 46.7 Å². The molecule has 0 aliphatic heterocycles. The fourth-order valence-corrected chi connectivity index (χ4v) is 4.94. The van der Waals surface area contributed by atoms with Gasteiger partial charge in [0.25, 0.3) is 10.0 Å². The third kappa shape index (κ3) is 2.84. The van der Waals surface area contributed by atoms with Crippen LogP contribution < -0.4 is 3.82 Å². The Morgan fingerprint density at radius 2 is 1.86 bits per heavy atom. The molecule has 0 unspecified atom stereocenters. The van der Waals surface area contributed by atoms with E-state index in [4.69, 9.17) is 23.4 Å². The lowest BCUT2D eigenvalue weighted by Gasteiger charge is -2.11. The molecule has 0 bridgehead atoms. The number of benzene rings is 1. The van der Waals surface area contributed by atoms with E-state index in [0.29, 0.717) is 19.5 Å². The summed E-state index contributed by atoms with van der Waals surface area (Å²) in [6.07, 6.45) is 0. The van der Waals surface area contributed by atoms with Crippen molar-refractivity contribution < 1.29 is 8.42 Å². The molecule has 0 atom stereocenters. The second-order valence-corrected chi connectivity index (χ2v) is 8.41. The van der Waals surface area contributed by atoms with Crippen LogP contribution in [0.3, 0.4) is 0 Å². The van der Waals surface area contributed by atoms with Crippen molar-refractivity contribution in [2.24, 2.45) is 0 Å². The van der Waals surface area contributed by atoms with Crippen molar-refractivity contribution in [2.75, 3.05) is 3.82 Å². The van der Waals surface area contributed by atoms with E-state index >= 15 is 0 Å². The van der Waals surface area contributed by atoms with Gasteiger partial charge in [0.05, 0.1) is 14.8 Å². The average molecular weight is 392 g/mol. The largest absolute Gasteiger partial charge is 0.280 e. The Labute approximate surface area is 145 Å². The van der Waals surface area contributed by atoms with Crippen molar-refractivity contribution in [1.82, 2.24) is 9.36 Å². The molecule has 0 spiro atoms. The van der Waals surface area contributed by atoms with Gasteiger partial charge >= 0.3 is 0 Å². The zero-order valence-corrected chi connectivity index (χ0v) is 14.6. The van der Waals surface area contributed by atoms with E-state index in [0.717, 1.165) is 11.5 Å². The van der Waals surface area contributed by atoms with Gasteiger partial charge in [-0.3, -0.25) is 0 Å². The fourth-order valence-electron chi connectivity index (χ4n) is 1.62. The highest BCUT2D eigenvalue weighted by atomic mass is 35.5. The summed E-state index contributed by atoms with van der Waals surface area (Å²) in [7, 11) is -3.88. The first-order chi connectivity index (χ1) is 10.5. The molecule has 22 heavy (non-hydrogen) atoms. The Morgan fingerprint density at radius 1 is 1.14 bits per heavy atom. The van der Waals surface area contributed by atoms with Crippen molar-refractivity contribution >= 4 is 61.4 Å². The highest BCUT2D eigenvalue weighted by molar-refractivity contribution is 7.94. The minimum Gasteiger partial charge on any atom is -0.200 e. The Hall–Kier alpha value is -1.19. The predicted molar refractivity (Wildman–Crippen MR) is 90.2 cm³/mol. The summed E-state index contributed by atoms with van der Waals surface area (Å²) in [6.45, 7) is 0. The Morgan fingerprint density at radius 3 is 2.50 bits per heavy atom. The summed E-state index contributed by atoms with van der Waals surface area (Å²) in [5, 5.41) is 2.38. The summed E-state index contributed by atoms with van der Waals surface area (Å²) < 4.78 is 29.5. The van der Waals surface area contributed by atoms with Crippen LogP contribution in [0.5, 0.6) is 0 Å². The molecule has 114 valence electrons. The number of thiophene rings is 1. The first-order valence-electron chi connectivity index (χ1n) is 5.83. The van der Waals surface area contributed by atoms with E-state index in [1.54, 1.807) is 29.6 Å². The van der Waals surface area contributed by atoms with Gasteiger partial charge in [-0.05, 0) is 23.6 Å². The van der Waals surface area contributed by atoms with Crippen LogP contribution in [0.4, 0.5) is 5.13 Å². The van der Waals surface area contributed by atoms with E-state index in [1.807, 2.05) is 0 Å². The van der Waals surface area contributed by atoms with Gasteiger partial charge in [0.1, 0.15) is 0 Å². The van der Waals surface area contributed by atoms with Crippen molar-refractivity contribution in [2.45, 2.75) is 4.90 Å². The van der Waals surface area contributed by atoms with Crippen LogP contribution in [0, 0.1) is 0 Å². The molecular formula is C12H7Cl2N3O2S3. The summed E-state index contributed by atoms with van der Waals surface area (Å²) in [6, 6.07) is 9.61. The number of rotatable bonds is 4. The molecule has 10 heteroatoms. The Balaban J connectivity index is 1.95. The van der Waals surface area contributed by atoms with Crippen LogP contribution >= 0.6 is 46.2 Å². The molecule has 3 aromatic rings. The molecule has 3 rings (SSSR count). The minimum absolute atomic E-state index is 0.0602. The maximum absolute atomic E-state index is 12.4. The number of halogens is 2. The molecule has 0 amide bonds. The zero-order chi connectivity index (χ0) is 15.7. The molecule has 0 radical (unpaired) electrons. The summed E-state index contributed by atoms with van der Waals surface area (Å²) >= 11 is 14.2. The molecule has 5 nitrogen and oxygen atoms in total. The van der Waals surface area contributed by atoms with Gasteiger partial charge in [0, 0.05) is 23.3 Å². The van der Waals surface area contributed by atoms with Crippen LogP contribution in [0.1, 0.15) is 0 Å². The van der Waals surface area contributed by atoms with Gasteiger partial charge in [-0.15, -0.1) is 15.2 Å². The lowest BCUT2D eigenvalue weighted by Crippen LogP contribution is -2.21. The van der Waals surface area contributed by atoms with Crippen LogP contribution in [-0.2, 0) is 10.0 Å². The number of nitrogens with zero attached hydrogens (tertiary/aromatic N) is 3. The number of sulfonamides is 1. The predicted octanol–water partition coefficient (Wildman–Crippen LogP) is 4.27. The molecular weight excluding hydrogens is 385 g/mol.